The zero-order valence-corrected chi connectivity index (χ0v) is 31.5. The van der Waals surface area contributed by atoms with E-state index in [1.807, 2.05) is 54.6 Å². The number of nitrogens with zero attached hydrogens (tertiary/aromatic N) is 4. The van der Waals surface area contributed by atoms with Gasteiger partial charge in [0.1, 0.15) is 11.5 Å². The summed E-state index contributed by atoms with van der Waals surface area (Å²) in [4.78, 5) is 36.1. The van der Waals surface area contributed by atoms with E-state index in [1.54, 1.807) is 36.3 Å². The van der Waals surface area contributed by atoms with Gasteiger partial charge in [0.15, 0.2) is 0 Å². The number of carbonyl (C=O) groups excluding carboxylic acids is 2. The van der Waals surface area contributed by atoms with Crippen LogP contribution in [0.2, 0.25) is 0 Å². The summed E-state index contributed by atoms with van der Waals surface area (Å²) in [6.45, 7) is 5.50. The maximum atomic E-state index is 15.1. The second kappa shape index (κ2) is 16.5. The molecule has 0 bridgehead atoms. The molecular weight excluding hydrogens is 700 g/mol. The number of phenolic OH excluding ortho intramolecular Hbond substituents is 1. The van der Waals surface area contributed by atoms with Gasteiger partial charge in [0, 0.05) is 67.1 Å². The van der Waals surface area contributed by atoms with Crippen molar-refractivity contribution < 1.29 is 24.2 Å². The van der Waals surface area contributed by atoms with Gasteiger partial charge in [-0.25, -0.2) is 0 Å². The Morgan fingerprint density at radius 2 is 1.56 bits per heavy atom. The summed E-state index contributed by atoms with van der Waals surface area (Å²) in [5.41, 5.74) is 7.67. The Labute approximate surface area is 323 Å². The first-order valence-electron chi connectivity index (χ1n) is 18.8. The summed E-state index contributed by atoms with van der Waals surface area (Å²) in [5.74, 6) is 0.560. The van der Waals surface area contributed by atoms with E-state index in [2.05, 4.69) is 38.6 Å². The van der Waals surface area contributed by atoms with Crippen molar-refractivity contribution >= 4 is 35.6 Å². The number of phenols is 1. The number of morpholine rings is 1. The molecule has 10 heteroatoms. The summed E-state index contributed by atoms with van der Waals surface area (Å²) < 4.78 is 13.6. The molecule has 280 valence electrons. The van der Waals surface area contributed by atoms with Gasteiger partial charge in [0.2, 0.25) is 0 Å². The third-order valence-corrected chi connectivity index (χ3v) is 11.0. The number of anilines is 2. The number of rotatable bonds is 9. The molecule has 1 N–H and O–H groups in total. The van der Waals surface area contributed by atoms with E-state index in [-0.39, 0.29) is 36.0 Å². The van der Waals surface area contributed by atoms with Crippen molar-refractivity contribution in [1.82, 2.24) is 14.4 Å². The molecule has 0 radical (unpaired) electrons. The van der Waals surface area contributed by atoms with E-state index in [9.17, 15) is 9.90 Å². The quantitative estimate of drug-likeness (QED) is 0.165. The highest BCUT2D eigenvalue weighted by atomic mass is 35.5. The number of hydrogen-bond donors (Lipinski definition) is 1. The Morgan fingerprint density at radius 1 is 0.833 bits per heavy atom. The number of aromatic nitrogens is 1. The number of benzene rings is 4. The van der Waals surface area contributed by atoms with Crippen molar-refractivity contribution in [3.8, 4) is 22.8 Å². The van der Waals surface area contributed by atoms with E-state index in [1.165, 1.54) is 11.1 Å². The minimum atomic E-state index is -0.156. The fraction of sp³-hybridized carbons (Fsp3) is 0.318. The first-order valence-corrected chi connectivity index (χ1v) is 18.8. The maximum absolute atomic E-state index is 15.1. The van der Waals surface area contributed by atoms with Crippen molar-refractivity contribution in [3.63, 3.8) is 0 Å². The third-order valence-electron chi connectivity index (χ3n) is 11.0. The van der Waals surface area contributed by atoms with Crippen molar-refractivity contribution in [2.75, 3.05) is 44.9 Å². The lowest BCUT2D eigenvalue weighted by molar-refractivity contribution is 0.0308. The number of hydrogen-bond acceptors (Lipinski definition) is 6. The van der Waals surface area contributed by atoms with Gasteiger partial charge < -0.3 is 24.0 Å². The smallest absolute Gasteiger partial charge is 0.264 e. The SMILES string of the molecule is COc1ccc(-c2cc(C(=O)N(c3ccccc3)c3ccc(O)cc3)c3n2CCCC3)c(C(=O)N2Cc3ccccc3C[C@H]2CCN2CCOCC2)c1.Cl. The molecule has 54 heavy (non-hydrogen) atoms. The number of aromatic hydroxyl groups is 1. The van der Waals surface area contributed by atoms with Gasteiger partial charge in [0.25, 0.3) is 11.8 Å². The molecule has 8 rings (SSSR count). The van der Waals surface area contributed by atoms with Crippen LogP contribution in [0.15, 0.2) is 103 Å². The number of para-hydroxylation sites is 1. The third kappa shape index (κ3) is 7.49. The fourth-order valence-electron chi connectivity index (χ4n) is 8.21. The van der Waals surface area contributed by atoms with Gasteiger partial charge in [-0.05, 0) is 104 Å². The highest BCUT2D eigenvalue weighted by Crippen LogP contribution is 2.38. The van der Waals surface area contributed by atoms with Crippen molar-refractivity contribution in [2.24, 2.45) is 0 Å². The lowest BCUT2D eigenvalue weighted by atomic mass is 9.90. The van der Waals surface area contributed by atoms with E-state index in [0.29, 0.717) is 29.1 Å². The Kier molecular flexibility index (Phi) is 11.4. The van der Waals surface area contributed by atoms with Gasteiger partial charge in [-0.15, -0.1) is 12.4 Å². The number of amides is 2. The van der Waals surface area contributed by atoms with Crippen LogP contribution in [-0.4, -0.2) is 77.3 Å². The van der Waals surface area contributed by atoms with Crippen molar-refractivity contribution in [1.29, 1.82) is 0 Å². The average molecular weight is 747 g/mol. The minimum Gasteiger partial charge on any atom is -0.508 e. The van der Waals surface area contributed by atoms with E-state index in [0.717, 1.165) is 94.1 Å². The van der Waals surface area contributed by atoms with Crippen molar-refractivity contribution in [2.45, 2.75) is 51.2 Å². The number of fused-ring (bicyclic) bond motifs is 2. The standard InChI is InChI=1S/C44H46N4O5.ClH/c1-52-37-18-19-38(39(28-37)43(50)47-30-32-10-6-5-9-31(32)27-35(47)20-22-45-23-25-53-26-24-45)42-29-40(41-13-7-8-21-46(41)42)44(51)48(33-11-3-2-4-12-33)34-14-16-36(49)17-15-34;/h2-6,9-12,14-19,28-29,35,49H,7-8,13,20-27,30H2,1H3;1H/t35-;/m1./s1. The maximum Gasteiger partial charge on any atom is 0.264 e. The Bertz CT molecular complexity index is 2090. The second-order valence-corrected chi connectivity index (χ2v) is 14.2. The normalized spacial score (nSPS) is 16.8. The molecule has 0 saturated carbocycles. The molecule has 1 atom stereocenters. The molecule has 0 unspecified atom stereocenters. The highest BCUT2D eigenvalue weighted by molar-refractivity contribution is 6.12. The summed E-state index contributed by atoms with van der Waals surface area (Å²) in [6.07, 6.45) is 4.38. The molecule has 5 aromatic rings. The van der Waals surface area contributed by atoms with Gasteiger partial charge in [0.05, 0.1) is 31.5 Å². The van der Waals surface area contributed by atoms with Crippen LogP contribution in [0.25, 0.3) is 11.3 Å². The molecule has 2 amide bonds. The van der Waals surface area contributed by atoms with Crippen LogP contribution in [0, 0.1) is 0 Å². The molecule has 1 aromatic heterocycles. The predicted octanol–water partition coefficient (Wildman–Crippen LogP) is 7.90. The zero-order valence-electron chi connectivity index (χ0n) is 30.7. The van der Waals surface area contributed by atoms with E-state index >= 15 is 4.79 Å². The highest BCUT2D eigenvalue weighted by Gasteiger charge is 2.34. The summed E-state index contributed by atoms with van der Waals surface area (Å²) >= 11 is 0. The fourth-order valence-corrected chi connectivity index (χ4v) is 8.21. The largest absolute Gasteiger partial charge is 0.508 e. The zero-order chi connectivity index (χ0) is 36.3. The molecule has 1 fully saturated rings. The van der Waals surface area contributed by atoms with Gasteiger partial charge in [-0.1, -0.05) is 42.5 Å². The Morgan fingerprint density at radius 3 is 2.31 bits per heavy atom. The Hall–Kier alpha value is -5.09. The van der Waals surface area contributed by atoms with Crippen LogP contribution in [0.3, 0.4) is 0 Å². The topological polar surface area (TPSA) is 87.5 Å². The lowest BCUT2D eigenvalue weighted by Crippen LogP contribution is -2.47. The number of methoxy groups -OCH3 is 1. The molecule has 0 spiro atoms. The summed E-state index contributed by atoms with van der Waals surface area (Å²) in [6, 6.07) is 32.5. The van der Waals surface area contributed by atoms with E-state index < -0.39 is 0 Å². The van der Waals surface area contributed by atoms with Gasteiger partial charge in [-0.3, -0.25) is 19.4 Å². The number of halogens is 1. The molecular formula is C44H47ClN4O5. The Balaban J connectivity index is 0.00000450. The van der Waals surface area contributed by atoms with Crippen LogP contribution >= 0.6 is 12.4 Å². The lowest BCUT2D eigenvalue weighted by Gasteiger charge is -2.39. The molecule has 3 aliphatic heterocycles. The van der Waals surface area contributed by atoms with Crippen LogP contribution in [0.5, 0.6) is 11.5 Å². The van der Waals surface area contributed by atoms with Crippen LogP contribution < -0.4 is 9.64 Å². The first kappa shape index (κ1) is 37.2. The van der Waals surface area contributed by atoms with Crippen LogP contribution in [0.4, 0.5) is 11.4 Å². The molecule has 4 aromatic carbocycles. The first-order chi connectivity index (χ1) is 26.0. The summed E-state index contributed by atoms with van der Waals surface area (Å²) in [7, 11) is 1.63. The molecule has 1 saturated heterocycles. The predicted molar refractivity (Wildman–Crippen MR) is 213 cm³/mol. The van der Waals surface area contributed by atoms with Crippen molar-refractivity contribution in [3.05, 3.63) is 131 Å². The summed E-state index contributed by atoms with van der Waals surface area (Å²) in [5, 5.41) is 10.1. The second-order valence-electron chi connectivity index (χ2n) is 14.2. The monoisotopic (exact) mass is 746 g/mol. The van der Waals surface area contributed by atoms with Gasteiger partial charge in [-0.2, -0.15) is 0 Å². The molecule has 9 nitrogen and oxygen atoms in total. The molecule has 3 aliphatic rings. The molecule has 4 heterocycles. The minimum absolute atomic E-state index is 0. The van der Waals surface area contributed by atoms with Crippen LogP contribution in [0.1, 0.15) is 56.8 Å². The average Bonchev–Trinajstić information content (AvgIpc) is 3.60. The number of carbonyl (C=O) groups is 2. The van der Waals surface area contributed by atoms with Crippen LogP contribution in [-0.2, 0) is 30.7 Å². The van der Waals surface area contributed by atoms with E-state index in [4.69, 9.17) is 9.47 Å². The number of ether oxygens (including phenoxy) is 2. The van der Waals surface area contributed by atoms with Gasteiger partial charge >= 0.3 is 0 Å². The molecule has 0 aliphatic carbocycles.